The van der Waals surface area contributed by atoms with Crippen LogP contribution in [0.4, 0.5) is 17.6 Å². The highest BCUT2D eigenvalue weighted by Gasteiger charge is 2.41. The fourth-order valence-electron chi connectivity index (χ4n) is 2.07. The Bertz CT molecular complexity index is 784. The Hall–Kier alpha value is -2.71. The van der Waals surface area contributed by atoms with E-state index >= 15 is 0 Å². The number of aryl methyl sites for hydroxylation is 2. The fourth-order valence-corrected chi connectivity index (χ4v) is 2.07. The van der Waals surface area contributed by atoms with Crippen LogP contribution < -0.4 is 10.1 Å². The monoisotopic (exact) mass is 371 g/mol. The Morgan fingerprint density at radius 1 is 1.27 bits per heavy atom. The third-order valence-electron chi connectivity index (χ3n) is 3.42. The summed E-state index contributed by atoms with van der Waals surface area (Å²) < 4.78 is 54.7. The third kappa shape index (κ3) is 5.14. The largest absolute Gasteiger partial charge is 0.471 e. The van der Waals surface area contributed by atoms with E-state index in [1.54, 1.807) is 32.0 Å². The molecule has 26 heavy (non-hydrogen) atoms. The minimum atomic E-state index is -4.25. The van der Waals surface area contributed by atoms with Crippen molar-refractivity contribution in [3.63, 3.8) is 0 Å². The molecule has 0 spiro atoms. The predicted octanol–water partition coefficient (Wildman–Crippen LogP) is 3.30. The molecule has 0 fully saturated rings. The second-order valence-electron chi connectivity index (χ2n) is 5.68. The van der Waals surface area contributed by atoms with Crippen molar-refractivity contribution in [2.45, 2.75) is 32.7 Å². The van der Waals surface area contributed by atoms with Crippen molar-refractivity contribution in [1.82, 2.24) is 15.3 Å². The van der Waals surface area contributed by atoms with E-state index in [9.17, 15) is 22.4 Å². The number of nitrogens with one attached hydrogen (secondary N) is 1. The second-order valence-corrected chi connectivity index (χ2v) is 5.68. The maximum atomic E-state index is 12.9. The van der Waals surface area contributed by atoms with Crippen molar-refractivity contribution in [1.29, 1.82) is 0 Å². The molecule has 2 rings (SSSR count). The summed E-state index contributed by atoms with van der Waals surface area (Å²) in [5, 5.41) is 2.69. The molecular formula is C17H17F4N3O2. The number of hydrogen-bond acceptors (Lipinski definition) is 4. The molecule has 0 bridgehead atoms. The van der Waals surface area contributed by atoms with Crippen LogP contribution in [0.15, 0.2) is 30.6 Å². The molecule has 0 unspecified atom stereocenters. The number of ether oxygens (including phenoxy) is 1. The molecule has 0 saturated carbocycles. The summed E-state index contributed by atoms with van der Waals surface area (Å²) in [6.07, 6.45) is -0.966. The number of aromatic nitrogens is 2. The lowest BCUT2D eigenvalue weighted by atomic mass is 10.2. The van der Waals surface area contributed by atoms with E-state index in [1.807, 2.05) is 0 Å². The first-order valence-corrected chi connectivity index (χ1v) is 7.64. The predicted molar refractivity (Wildman–Crippen MR) is 85.6 cm³/mol. The highest BCUT2D eigenvalue weighted by Crippen LogP contribution is 2.25. The van der Waals surface area contributed by atoms with Gasteiger partial charge in [0.05, 0.1) is 0 Å². The van der Waals surface area contributed by atoms with Gasteiger partial charge in [-0.25, -0.2) is 13.8 Å². The summed E-state index contributed by atoms with van der Waals surface area (Å²) >= 11 is 0. The van der Waals surface area contributed by atoms with E-state index in [0.29, 0.717) is 22.4 Å². The van der Waals surface area contributed by atoms with Crippen LogP contribution in [-0.4, -0.2) is 34.8 Å². The molecule has 140 valence electrons. The van der Waals surface area contributed by atoms with E-state index in [2.05, 4.69) is 15.3 Å². The van der Waals surface area contributed by atoms with Gasteiger partial charge in [-0.3, -0.25) is 9.78 Å². The Balaban J connectivity index is 1.96. The van der Waals surface area contributed by atoms with Gasteiger partial charge in [-0.15, -0.1) is 0 Å². The van der Waals surface area contributed by atoms with Gasteiger partial charge in [0.15, 0.2) is 6.61 Å². The van der Waals surface area contributed by atoms with Crippen LogP contribution >= 0.6 is 0 Å². The van der Waals surface area contributed by atoms with Gasteiger partial charge in [-0.2, -0.15) is 8.78 Å². The summed E-state index contributed by atoms with van der Waals surface area (Å²) in [7, 11) is 0. The van der Waals surface area contributed by atoms with E-state index in [0.717, 1.165) is 0 Å². The van der Waals surface area contributed by atoms with E-state index < -0.39 is 19.0 Å². The third-order valence-corrected chi connectivity index (χ3v) is 3.42. The molecule has 0 aliphatic carbocycles. The molecule has 5 nitrogen and oxygen atoms in total. The van der Waals surface area contributed by atoms with Gasteiger partial charge in [0.1, 0.15) is 0 Å². The van der Waals surface area contributed by atoms with Crippen molar-refractivity contribution in [2.75, 3.05) is 6.61 Å². The van der Waals surface area contributed by atoms with Gasteiger partial charge in [-0.1, -0.05) is 0 Å². The molecule has 0 aliphatic rings. The van der Waals surface area contributed by atoms with Crippen molar-refractivity contribution in [3.05, 3.63) is 53.0 Å². The minimum absolute atomic E-state index is 0.154. The molecular weight excluding hydrogens is 354 g/mol. The van der Waals surface area contributed by atoms with E-state index in [4.69, 9.17) is 4.74 Å². The SMILES string of the molecule is Cc1cc(C(=O)NCc2cnc(OCC(F)(F)C(F)F)c(C)c2)ccn1. The smallest absolute Gasteiger partial charge is 0.340 e. The minimum Gasteiger partial charge on any atom is -0.471 e. The van der Waals surface area contributed by atoms with Crippen LogP contribution in [0.1, 0.15) is 27.2 Å². The lowest BCUT2D eigenvalue weighted by Crippen LogP contribution is -2.34. The normalized spacial score (nSPS) is 11.5. The number of halogens is 4. The highest BCUT2D eigenvalue weighted by molar-refractivity contribution is 5.94. The molecule has 0 atom stereocenters. The van der Waals surface area contributed by atoms with Crippen LogP contribution in [0.5, 0.6) is 5.88 Å². The molecule has 9 heteroatoms. The quantitative estimate of drug-likeness (QED) is 0.759. The van der Waals surface area contributed by atoms with Gasteiger partial charge in [-0.05, 0) is 37.6 Å². The second kappa shape index (κ2) is 8.11. The topological polar surface area (TPSA) is 64.1 Å². The van der Waals surface area contributed by atoms with Crippen LogP contribution in [0.2, 0.25) is 0 Å². The molecule has 0 saturated heterocycles. The number of rotatable bonds is 7. The summed E-state index contributed by atoms with van der Waals surface area (Å²) in [5.41, 5.74) is 2.16. The first kappa shape index (κ1) is 19.6. The first-order valence-electron chi connectivity index (χ1n) is 7.64. The number of carbonyl (C=O) groups is 1. The Morgan fingerprint density at radius 2 is 2.00 bits per heavy atom. The molecule has 0 aromatic carbocycles. The van der Waals surface area contributed by atoms with Crippen molar-refractivity contribution in [3.8, 4) is 5.88 Å². The van der Waals surface area contributed by atoms with Crippen molar-refractivity contribution < 1.29 is 27.1 Å². The Kier molecular flexibility index (Phi) is 6.12. The number of nitrogens with zero attached hydrogens (tertiary/aromatic N) is 2. The standard InChI is InChI=1S/C17H17F4N3O2/c1-10-5-12(7-23-14(25)13-3-4-22-11(2)6-13)8-24-15(10)26-9-17(20,21)16(18)19/h3-6,8,16H,7,9H2,1-2H3,(H,23,25). The summed E-state index contributed by atoms with van der Waals surface area (Å²) in [5.74, 6) is -4.71. The maximum Gasteiger partial charge on any atom is 0.340 e. The maximum absolute atomic E-state index is 12.9. The molecule has 2 heterocycles. The van der Waals surface area contributed by atoms with Gasteiger partial charge in [0, 0.05) is 35.8 Å². The Morgan fingerprint density at radius 3 is 2.62 bits per heavy atom. The number of alkyl halides is 4. The molecule has 0 radical (unpaired) electrons. The van der Waals surface area contributed by atoms with Crippen LogP contribution in [0.3, 0.4) is 0 Å². The highest BCUT2D eigenvalue weighted by atomic mass is 19.3. The average Bonchev–Trinajstić information content (AvgIpc) is 2.58. The Labute approximate surface area is 147 Å². The number of hydrogen-bond donors (Lipinski definition) is 1. The lowest BCUT2D eigenvalue weighted by Gasteiger charge is -2.16. The van der Waals surface area contributed by atoms with Gasteiger partial charge in [0.2, 0.25) is 5.88 Å². The molecule has 2 aromatic rings. The first-order chi connectivity index (χ1) is 12.2. The van der Waals surface area contributed by atoms with Crippen LogP contribution in [-0.2, 0) is 6.54 Å². The molecule has 1 amide bonds. The zero-order chi connectivity index (χ0) is 19.3. The summed E-state index contributed by atoms with van der Waals surface area (Å²) in [6, 6.07) is 4.78. The van der Waals surface area contributed by atoms with Crippen molar-refractivity contribution >= 4 is 5.91 Å². The zero-order valence-corrected chi connectivity index (χ0v) is 14.1. The summed E-state index contributed by atoms with van der Waals surface area (Å²) in [4.78, 5) is 19.9. The lowest BCUT2D eigenvalue weighted by molar-refractivity contribution is -0.148. The summed E-state index contributed by atoms with van der Waals surface area (Å²) in [6.45, 7) is 2.00. The fraction of sp³-hybridized carbons (Fsp3) is 0.353. The van der Waals surface area contributed by atoms with Crippen LogP contribution in [0, 0.1) is 13.8 Å². The van der Waals surface area contributed by atoms with Gasteiger partial charge in [0.25, 0.3) is 5.91 Å². The number of amides is 1. The zero-order valence-electron chi connectivity index (χ0n) is 14.1. The molecule has 0 aliphatic heterocycles. The van der Waals surface area contributed by atoms with Gasteiger partial charge < -0.3 is 10.1 Å². The van der Waals surface area contributed by atoms with Crippen molar-refractivity contribution in [2.24, 2.45) is 0 Å². The average molecular weight is 371 g/mol. The number of carbonyl (C=O) groups excluding carboxylic acids is 1. The van der Waals surface area contributed by atoms with E-state index in [1.165, 1.54) is 12.4 Å². The van der Waals surface area contributed by atoms with Gasteiger partial charge >= 0.3 is 12.3 Å². The number of pyridine rings is 2. The molecule has 1 N–H and O–H groups in total. The van der Waals surface area contributed by atoms with Crippen LogP contribution in [0.25, 0.3) is 0 Å². The molecule has 2 aromatic heterocycles. The van der Waals surface area contributed by atoms with E-state index in [-0.39, 0.29) is 18.3 Å².